The van der Waals surface area contributed by atoms with Crippen LogP contribution < -0.4 is 10.6 Å². The van der Waals surface area contributed by atoms with E-state index < -0.39 is 29.8 Å². The number of carbonyl (C=O) groups is 2. The number of halogens is 1. The molecule has 0 saturated carbocycles. The van der Waals surface area contributed by atoms with E-state index in [0.29, 0.717) is 6.42 Å². The molecule has 0 unspecified atom stereocenters. The van der Waals surface area contributed by atoms with E-state index in [-0.39, 0.29) is 5.69 Å². The van der Waals surface area contributed by atoms with Gasteiger partial charge in [0.1, 0.15) is 5.82 Å². The average Bonchev–Trinajstić information content (AvgIpc) is 2.86. The minimum absolute atomic E-state index is 0.0532. The number of aliphatic hydroxyl groups excluding tert-OH is 1. The largest absolute Gasteiger partial charge is 0.390 e. The molecule has 0 fully saturated rings. The number of rotatable bonds is 2. The summed E-state index contributed by atoms with van der Waals surface area (Å²) < 4.78 is 13.7. The molecule has 0 aliphatic heterocycles. The molecule has 24 heavy (non-hydrogen) atoms. The molecule has 2 amide bonds. The van der Waals surface area contributed by atoms with Gasteiger partial charge in [0, 0.05) is 6.42 Å². The van der Waals surface area contributed by atoms with Crippen LogP contribution in [0.25, 0.3) is 0 Å². The van der Waals surface area contributed by atoms with E-state index in [1.165, 1.54) is 12.1 Å². The van der Waals surface area contributed by atoms with Crippen LogP contribution in [0.5, 0.6) is 0 Å². The van der Waals surface area contributed by atoms with Gasteiger partial charge in [0.25, 0.3) is 0 Å². The van der Waals surface area contributed by atoms with Gasteiger partial charge in [0.2, 0.25) is 0 Å². The van der Waals surface area contributed by atoms with Gasteiger partial charge in [-0.1, -0.05) is 30.3 Å². The summed E-state index contributed by atoms with van der Waals surface area (Å²) in [5.41, 5.74) is 2.42. The lowest BCUT2D eigenvalue weighted by atomic mass is 10.1. The highest BCUT2D eigenvalue weighted by atomic mass is 19.1. The van der Waals surface area contributed by atoms with Crippen LogP contribution in [0.1, 0.15) is 22.7 Å². The number of nitrogens with one attached hydrogen (secondary N) is 2. The van der Waals surface area contributed by atoms with E-state index in [1.54, 1.807) is 25.1 Å². The van der Waals surface area contributed by atoms with Gasteiger partial charge >= 0.3 is 11.8 Å². The van der Waals surface area contributed by atoms with Crippen molar-refractivity contribution < 1.29 is 19.1 Å². The van der Waals surface area contributed by atoms with Gasteiger partial charge in [0.05, 0.1) is 17.8 Å². The molecule has 2 atom stereocenters. The van der Waals surface area contributed by atoms with Gasteiger partial charge in [-0.15, -0.1) is 0 Å². The topological polar surface area (TPSA) is 78.4 Å². The van der Waals surface area contributed by atoms with Gasteiger partial charge in [-0.25, -0.2) is 4.39 Å². The minimum Gasteiger partial charge on any atom is -0.390 e. The molecule has 0 heterocycles. The number of hydrogen-bond donors (Lipinski definition) is 3. The van der Waals surface area contributed by atoms with E-state index in [1.807, 2.05) is 12.1 Å². The van der Waals surface area contributed by atoms with Crippen molar-refractivity contribution in [3.63, 3.8) is 0 Å². The number of hydrogen-bond acceptors (Lipinski definition) is 3. The van der Waals surface area contributed by atoms with Crippen LogP contribution in [-0.4, -0.2) is 23.0 Å². The van der Waals surface area contributed by atoms with Gasteiger partial charge in [-0.3, -0.25) is 9.59 Å². The lowest BCUT2D eigenvalue weighted by Crippen LogP contribution is -2.40. The maximum absolute atomic E-state index is 13.7. The molecule has 0 spiro atoms. The second-order valence-electron chi connectivity index (χ2n) is 5.86. The number of carbonyl (C=O) groups excluding carboxylic acids is 2. The monoisotopic (exact) mass is 328 g/mol. The Morgan fingerprint density at radius 3 is 2.71 bits per heavy atom. The lowest BCUT2D eigenvalue weighted by Gasteiger charge is -2.17. The van der Waals surface area contributed by atoms with Crippen LogP contribution in [0.2, 0.25) is 0 Å². The van der Waals surface area contributed by atoms with Gasteiger partial charge in [-0.05, 0) is 35.7 Å². The van der Waals surface area contributed by atoms with E-state index in [9.17, 15) is 19.1 Å². The number of benzene rings is 2. The lowest BCUT2D eigenvalue weighted by molar-refractivity contribution is -0.137. The van der Waals surface area contributed by atoms with Crippen molar-refractivity contribution in [2.24, 2.45) is 0 Å². The first-order chi connectivity index (χ1) is 11.5. The molecule has 6 heteroatoms. The molecule has 1 aliphatic rings. The standard InChI is InChI=1S/C18H17FN2O3/c1-10-6-7-13(19)14(8-10)20-17(23)18(24)21-16-12-5-3-2-4-11(12)9-15(16)22/h2-8,15-16,22H,9H2,1H3,(H,20,23)(H,21,24)/t15-,16+/m1/s1. The quantitative estimate of drug-likeness (QED) is 0.736. The first-order valence-corrected chi connectivity index (χ1v) is 7.59. The van der Waals surface area contributed by atoms with Crippen molar-refractivity contribution in [1.29, 1.82) is 0 Å². The van der Waals surface area contributed by atoms with E-state index in [2.05, 4.69) is 10.6 Å². The third kappa shape index (κ3) is 3.14. The molecule has 0 saturated heterocycles. The van der Waals surface area contributed by atoms with Gasteiger partial charge < -0.3 is 15.7 Å². The zero-order valence-electron chi connectivity index (χ0n) is 13.0. The van der Waals surface area contributed by atoms with Crippen molar-refractivity contribution in [3.8, 4) is 0 Å². The molecule has 0 radical (unpaired) electrons. The molecule has 3 N–H and O–H groups in total. The summed E-state index contributed by atoms with van der Waals surface area (Å²) in [6.45, 7) is 1.75. The second-order valence-corrected chi connectivity index (χ2v) is 5.86. The number of fused-ring (bicyclic) bond motifs is 1. The number of anilines is 1. The average molecular weight is 328 g/mol. The molecule has 2 aromatic carbocycles. The maximum Gasteiger partial charge on any atom is 0.313 e. The molecule has 0 aromatic heterocycles. The fourth-order valence-corrected chi connectivity index (χ4v) is 2.87. The van der Waals surface area contributed by atoms with Crippen LogP contribution >= 0.6 is 0 Å². The van der Waals surface area contributed by atoms with Crippen LogP contribution in [-0.2, 0) is 16.0 Å². The predicted molar refractivity (Wildman–Crippen MR) is 86.8 cm³/mol. The molecule has 5 nitrogen and oxygen atoms in total. The minimum atomic E-state index is -0.976. The van der Waals surface area contributed by atoms with Crippen molar-refractivity contribution in [2.45, 2.75) is 25.5 Å². The highest BCUT2D eigenvalue weighted by Gasteiger charge is 2.33. The van der Waals surface area contributed by atoms with Crippen molar-refractivity contribution >= 4 is 17.5 Å². The van der Waals surface area contributed by atoms with Crippen molar-refractivity contribution in [2.75, 3.05) is 5.32 Å². The normalized spacial score (nSPS) is 18.8. The summed E-state index contributed by atoms with van der Waals surface area (Å²) in [4.78, 5) is 24.1. The first-order valence-electron chi connectivity index (χ1n) is 7.59. The first kappa shape index (κ1) is 16.1. The Kier molecular flexibility index (Phi) is 4.31. The Morgan fingerprint density at radius 1 is 1.17 bits per heavy atom. The molecule has 124 valence electrons. The fraction of sp³-hybridized carbons (Fsp3) is 0.222. The smallest absolute Gasteiger partial charge is 0.313 e. The highest BCUT2D eigenvalue weighted by Crippen LogP contribution is 2.31. The third-order valence-electron chi connectivity index (χ3n) is 4.07. The predicted octanol–water partition coefficient (Wildman–Crippen LogP) is 1.85. The molecule has 2 aromatic rings. The Morgan fingerprint density at radius 2 is 1.92 bits per heavy atom. The summed E-state index contributed by atoms with van der Waals surface area (Å²) in [6.07, 6.45) is -0.384. The number of aliphatic hydroxyl groups is 1. The van der Waals surface area contributed by atoms with Gasteiger partial charge in [0.15, 0.2) is 0 Å². The summed E-state index contributed by atoms with van der Waals surface area (Å²) >= 11 is 0. The summed E-state index contributed by atoms with van der Waals surface area (Å²) in [7, 11) is 0. The zero-order valence-corrected chi connectivity index (χ0v) is 13.0. The van der Waals surface area contributed by atoms with Crippen molar-refractivity contribution in [1.82, 2.24) is 5.32 Å². The molecule has 3 rings (SSSR count). The van der Waals surface area contributed by atoms with Crippen LogP contribution in [0.3, 0.4) is 0 Å². The molecular formula is C18H17FN2O3. The SMILES string of the molecule is Cc1ccc(F)c(NC(=O)C(=O)N[C@H]2c3ccccc3C[C@H]2O)c1. The van der Waals surface area contributed by atoms with E-state index in [4.69, 9.17) is 0 Å². The summed E-state index contributed by atoms with van der Waals surface area (Å²) in [5, 5.41) is 14.9. The Bertz CT molecular complexity index is 807. The maximum atomic E-state index is 13.7. The molecule has 0 bridgehead atoms. The number of aryl methyl sites for hydroxylation is 1. The summed E-state index contributed by atoms with van der Waals surface area (Å²) in [5.74, 6) is -2.51. The third-order valence-corrected chi connectivity index (χ3v) is 4.07. The Balaban J connectivity index is 1.71. The van der Waals surface area contributed by atoms with Gasteiger partial charge in [-0.2, -0.15) is 0 Å². The van der Waals surface area contributed by atoms with Crippen LogP contribution in [0.15, 0.2) is 42.5 Å². The van der Waals surface area contributed by atoms with Crippen LogP contribution in [0, 0.1) is 12.7 Å². The molecule has 1 aliphatic carbocycles. The Labute approximate surface area is 138 Å². The zero-order chi connectivity index (χ0) is 17.3. The summed E-state index contributed by atoms with van der Waals surface area (Å²) in [6, 6.07) is 10.9. The molecular weight excluding hydrogens is 311 g/mol. The second kappa shape index (κ2) is 6.41. The van der Waals surface area contributed by atoms with E-state index >= 15 is 0 Å². The van der Waals surface area contributed by atoms with Crippen molar-refractivity contribution in [3.05, 3.63) is 65.0 Å². The number of amides is 2. The van der Waals surface area contributed by atoms with Crippen LogP contribution in [0.4, 0.5) is 10.1 Å². The van der Waals surface area contributed by atoms with E-state index in [0.717, 1.165) is 16.7 Å². The Hall–Kier alpha value is -2.73. The highest BCUT2D eigenvalue weighted by molar-refractivity contribution is 6.39. The fourth-order valence-electron chi connectivity index (χ4n) is 2.87.